The maximum absolute atomic E-state index is 12.2. The van der Waals surface area contributed by atoms with Gasteiger partial charge in [-0.3, -0.25) is 4.98 Å². The third kappa shape index (κ3) is 4.58. The molecule has 2 heterocycles. The number of carbonyl (C=O) groups excluding carboxylic acids is 1. The SMILES string of the molecule is CCOc1ccccc1NC(=O)NCc1ccnc(-c2ccsc2)c1. The lowest BCUT2D eigenvalue weighted by molar-refractivity contribution is 0.251. The molecule has 25 heavy (non-hydrogen) atoms. The monoisotopic (exact) mass is 353 g/mol. The fourth-order valence-corrected chi connectivity index (χ4v) is 3.00. The van der Waals surface area contributed by atoms with Gasteiger partial charge in [-0.1, -0.05) is 12.1 Å². The smallest absolute Gasteiger partial charge is 0.319 e. The fraction of sp³-hybridized carbons (Fsp3) is 0.158. The number of hydrogen-bond donors (Lipinski definition) is 2. The average Bonchev–Trinajstić information content (AvgIpc) is 3.17. The van der Waals surface area contributed by atoms with Gasteiger partial charge in [-0.2, -0.15) is 11.3 Å². The summed E-state index contributed by atoms with van der Waals surface area (Å²) in [4.78, 5) is 16.5. The van der Waals surface area contributed by atoms with Gasteiger partial charge >= 0.3 is 6.03 Å². The number of thiophene rings is 1. The van der Waals surface area contributed by atoms with Crippen molar-refractivity contribution in [1.82, 2.24) is 10.3 Å². The average molecular weight is 353 g/mol. The van der Waals surface area contributed by atoms with E-state index in [-0.39, 0.29) is 6.03 Å². The first kappa shape index (κ1) is 17.0. The molecule has 2 amide bonds. The molecule has 1 aromatic carbocycles. The van der Waals surface area contributed by atoms with Crippen molar-refractivity contribution in [3.05, 3.63) is 65.0 Å². The predicted molar refractivity (Wildman–Crippen MR) is 101 cm³/mol. The van der Waals surface area contributed by atoms with Gasteiger partial charge in [0.25, 0.3) is 0 Å². The number of para-hydroxylation sites is 2. The van der Waals surface area contributed by atoms with Gasteiger partial charge in [0.2, 0.25) is 0 Å². The van der Waals surface area contributed by atoms with E-state index in [0.717, 1.165) is 16.8 Å². The Morgan fingerprint density at radius 1 is 1.24 bits per heavy atom. The molecule has 5 nitrogen and oxygen atoms in total. The zero-order valence-electron chi connectivity index (χ0n) is 13.9. The third-order valence-corrected chi connectivity index (χ3v) is 4.21. The Hall–Kier alpha value is -2.86. The van der Waals surface area contributed by atoms with E-state index >= 15 is 0 Å². The molecule has 2 aromatic heterocycles. The van der Waals surface area contributed by atoms with Crippen LogP contribution in [-0.4, -0.2) is 17.6 Å². The Bertz CT molecular complexity index is 834. The summed E-state index contributed by atoms with van der Waals surface area (Å²) in [5.41, 5.74) is 3.63. The van der Waals surface area contributed by atoms with Gasteiger partial charge in [-0.25, -0.2) is 4.79 Å². The van der Waals surface area contributed by atoms with E-state index in [1.165, 1.54) is 0 Å². The van der Waals surface area contributed by atoms with Gasteiger partial charge < -0.3 is 15.4 Å². The number of pyridine rings is 1. The van der Waals surface area contributed by atoms with Crippen molar-refractivity contribution in [1.29, 1.82) is 0 Å². The van der Waals surface area contributed by atoms with Crippen LogP contribution in [0.1, 0.15) is 12.5 Å². The summed E-state index contributed by atoms with van der Waals surface area (Å²) < 4.78 is 5.51. The molecule has 0 aliphatic carbocycles. The topological polar surface area (TPSA) is 63.2 Å². The lowest BCUT2D eigenvalue weighted by Gasteiger charge is -2.12. The van der Waals surface area contributed by atoms with Crippen LogP contribution in [0.3, 0.4) is 0 Å². The van der Waals surface area contributed by atoms with Gasteiger partial charge in [0, 0.05) is 23.7 Å². The van der Waals surface area contributed by atoms with E-state index in [0.29, 0.717) is 24.6 Å². The molecule has 0 atom stereocenters. The molecule has 0 saturated carbocycles. The molecule has 0 aliphatic heterocycles. The molecule has 0 radical (unpaired) electrons. The van der Waals surface area contributed by atoms with Gasteiger partial charge in [0.1, 0.15) is 5.75 Å². The molecule has 0 fully saturated rings. The minimum atomic E-state index is -0.277. The van der Waals surface area contributed by atoms with Gasteiger partial charge in [0.05, 0.1) is 18.0 Å². The number of rotatable bonds is 6. The summed E-state index contributed by atoms with van der Waals surface area (Å²) in [5.74, 6) is 0.656. The fourth-order valence-electron chi connectivity index (χ4n) is 2.35. The Morgan fingerprint density at radius 3 is 2.92 bits per heavy atom. The van der Waals surface area contributed by atoms with Crippen LogP contribution in [0.2, 0.25) is 0 Å². The maximum Gasteiger partial charge on any atom is 0.319 e. The van der Waals surface area contributed by atoms with E-state index in [4.69, 9.17) is 4.74 Å². The molecule has 3 aromatic rings. The first-order chi connectivity index (χ1) is 12.3. The van der Waals surface area contributed by atoms with Crippen LogP contribution >= 0.6 is 11.3 Å². The maximum atomic E-state index is 12.2. The van der Waals surface area contributed by atoms with Crippen molar-refractivity contribution in [2.75, 3.05) is 11.9 Å². The van der Waals surface area contributed by atoms with Crippen molar-refractivity contribution in [2.45, 2.75) is 13.5 Å². The van der Waals surface area contributed by atoms with Crippen molar-refractivity contribution in [3.63, 3.8) is 0 Å². The van der Waals surface area contributed by atoms with E-state index < -0.39 is 0 Å². The molecule has 0 unspecified atom stereocenters. The Balaban J connectivity index is 1.60. The van der Waals surface area contributed by atoms with Crippen LogP contribution in [0.5, 0.6) is 5.75 Å². The minimum Gasteiger partial charge on any atom is -0.492 e. The van der Waals surface area contributed by atoms with Crippen LogP contribution in [0, 0.1) is 0 Å². The van der Waals surface area contributed by atoms with Crippen LogP contribution in [0.25, 0.3) is 11.3 Å². The van der Waals surface area contributed by atoms with Crippen molar-refractivity contribution in [2.24, 2.45) is 0 Å². The molecular formula is C19H19N3O2S. The highest BCUT2D eigenvalue weighted by Gasteiger charge is 2.07. The first-order valence-corrected chi connectivity index (χ1v) is 8.94. The molecule has 0 bridgehead atoms. The second-order valence-corrected chi connectivity index (χ2v) is 6.08. The van der Waals surface area contributed by atoms with Gasteiger partial charge in [-0.15, -0.1) is 0 Å². The zero-order chi connectivity index (χ0) is 17.5. The number of benzene rings is 1. The Kier molecular flexibility index (Phi) is 5.64. The predicted octanol–water partition coefficient (Wildman–Crippen LogP) is 4.53. The quantitative estimate of drug-likeness (QED) is 0.684. The zero-order valence-corrected chi connectivity index (χ0v) is 14.7. The number of amides is 2. The largest absolute Gasteiger partial charge is 0.492 e. The number of urea groups is 1. The normalized spacial score (nSPS) is 10.3. The van der Waals surface area contributed by atoms with Crippen molar-refractivity contribution < 1.29 is 9.53 Å². The summed E-state index contributed by atoms with van der Waals surface area (Å²) in [7, 11) is 0. The summed E-state index contributed by atoms with van der Waals surface area (Å²) in [5, 5.41) is 9.75. The molecule has 0 aliphatic rings. The lowest BCUT2D eigenvalue weighted by Crippen LogP contribution is -2.28. The van der Waals surface area contributed by atoms with Crippen LogP contribution in [0.15, 0.2) is 59.4 Å². The first-order valence-electron chi connectivity index (χ1n) is 8.00. The van der Waals surface area contributed by atoms with E-state index in [9.17, 15) is 4.79 Å². The number of aromatic nitrogens is 1. The highest BCUT2D eigenvalue weighted by atomic mass is 32.1. The van der Waals surface area contributed by atoms with E-state index in [1.807, 2.05) is 54.8 Å². The molecule has 128 valence electrons. The lowest BCUT2D eigenvalue weighted by atomic mass is 10.1. The molecule has 3 rings (SSSR count). The van der Waals surface area contributed by atoms with Gasteiger partial charge in [0.15, 0.2) is 0 Å². The number of hydrogen-bond acceptors (Lipinski definition) is 4. The molecule has 2 N–H and O–H groups in total. The minimum absolute atomic E-state index is 0.277. The summed E-state index contributed by atoms with van der Waals surface area (Å²) >= 11 is 1.63. The number of nitrogens with one attached hydrogen (secondary N) is 2. The Labute approximate surface area is 150 Å². The highest BCUT2D eigenvalue weighted by Crippen LogP contribution is 2.23. The summed E-state index contributed by atoms with van der Waals surface area (Å²) in [6, 6.07) is 13.0. The summed E-state index contributed by atoms with van der Waals surface area (Å²) in [6.45, 7) is 2.87. The number of anilines is 1. The second kappa shape index (κ2) is 8.30. The molecule has 6 heteroatoms. The van der Waals surface area contributed by atoms with Gasteiger partial charge in [-0.05, 0) is 48.2 Å². The van der Waals surface area contributed by atoms with Crippen LogP contribution in [0.4, 0.5) is 10.5 Å². The summed E-state index contributed by atoms with van der Waals surface area (Å²) in [6.07, 6.45) is 1.76. The van der Waals surface area contributed by atoms with Crippen molar-refractivity contribution >= 4 is 23.1 Å². The van der Waals surface area contributed by atoms with E-state index in [1.54, 1.807) is 17.5 Å². The van der Waals surface area contributed by atoms with Crippen LogP contribution < -0.4 is 15.4 Å². The molecule has 0 spiro atoms. The highest BCUT2D eigenvalue weighted by molar-refractivity contribution is 7.08. The Morgan fingerprint density at radius 2 is 2.12 bits per heavy atom. The number of ether oxygens (including phenoxy) is 1. The second-order valence-electron chi connectivity index (χ2n) is 5.30. The number of carbonyl (C=O) groups is 1. The molecule has 0 saturated heterocycles. The van der Waals surface area contributed by atoms with Crippen molar-refractivity contribution in [3.8, 4) is 17.0 Å². The standard InChI is InChI=1S/C19H19N3O2S/c1-2-24-18-6-4-3-5-16(18)22-19(23)21-12-14-7-9-20-17(11-14)15-8-10-25-13-15/h3-11,13H,2,12H2,1H3,(H2,21,22,23). The molecular weight excluding hydrogens is 334 g/mol. The third-order valence-electron chi connectivity index (χ3n) is 3.53. The number of nitrogens with zero attached hydrogens (tertiary/aromatic N) is 1. The van der Waals surface area contributed by atoms with Crippen LogP contribution in [-0.2, 0) is 6.54 Å². The van der Waals surface area contributed by atoms with E-state index in [2.05, 4.69) is 21.0 Å².